The number of methoxy groups -OCH3 is 2. The molecule has 1 aromatic rings. The molecular formula is C21H23F2N3O7. The van der Waals surface area contributed by atoms with Crippen molar-refractivity contribution in [3.63, 3.8) is 0 Å². The zero-order valence-electron chi connectivity index (χ0n) is 18.2. The van der Waals surface area contributed by atoms with Gasteiger partial charge in [-0.25, -0.2) is 28.3 Å². The summed E-state index contributed by atoms with van der Waals surface area (Å²) in [5, 5.41) is 11.0. The van der Waals surface area contributed by atoms with Crippen LogP contribution in [0.3, 0.4) is 0 Å². The number of allylic oxidation sites excluding steroid dienone is 1. The van der Waals surface area contributed by atoms with E-state index >= 15 is 0 Å². The number of esters is 1. The number of rotatable bonds is 4. The number of amides is 1. The SMILES string of the molecule is COC(=O)C1=C(C)N=C(OC)N(C(=O)OC2CCC([N+](=O)[O-])CC2)C1c1ccc(F)c(F)c1. The predicted octanol–water partition coefficient (Wildman–Crippen LogP) is 3.50. The van der Waals surface area contributed by atoms with E-state index in [1.54, 1.807) is 0 Å². The first-order valence-corrected chi connectivity index (χ1v) is 10.2. The highest BCUT2D eigenvalue weighted by Crippen LogP contribution is 2.37. The topological polar surface area (TPSA) is 121 Å². The van der Waals surface area contributed by atoms with Crippen molar-refractivity contribution in [3.05, 3.63) is 56.8 Å². The third-order valence-corrected chi connectivity index (χ3v) is 5.64. The van der Waals surface area contributed by atoms with Crippen molar-refractivity contribution in [2.24, 2.45) is 4.99 Å². The van der Waals surface area contributed by atoms with Crippen LogP contribution in [-0.4, -0.2) is 54.3 Å². The summed E-state index contributed by atoms with van der Waals surface area (Å²) in [4.78, 5) is 41.5. The van der Waals surface area contributed by atoms with Crippen molar-refractivity contribution in [2.45, 2.75) is 50.8 Å². The maximum atomic E-state index is 14.1. The minimum atomic E-state index is -1.28. The average Bonchev–Trinajstić information content (AvgIpc) is 2.79. The summed E-state index contributed by atoms with van der Waals surface area (Å²) in [6, 6.07) is 0.756. The largest absolute Gasteiger partial charge is 0.468 e. The van der Waals surface area contributed by atoms with Crippen molar-refractivity contribution in [3.8, 4) is 0 Å². The lowest BCUT2D eigenvalue weighted by Gasteiger charge is -2.36. The molecule has 1 unspecified atom stereocenters. The van der Waals surface area contributed by atoms with Crippen molar-refractivity contribution in [1.82, 2.24) is 4.90 Å². The molecular weight excluding hydrogens is 444 g/mol. The van der Waals surface area contributed by atoms with Gasteiger partial charge in [-0.1, -0.05) is 6.07 Å². The number of carbonyl (C=O) groups is 2. The lowest BCUT2D eigenvalue weighted by molar-refractivity contribution is -0.527. The van der Waals surface area contributed by atoms with Gasteiger partial charge in [-0.15, -0.1) is 0 Å². The van der Waals surface area contributed by atoms with Crippen LogP contribution >= 0.6 is 0 Å². The molecule has 2 aliphatic rings. The van der Waals surface area contributed by atoms with Crippen LogP contribution in [0.5, 0.6) is 0 Å². The summed E-state index contributed by atoms with van der Waals surface area (Å²) in [5.41, 5.74) is 0.134. The van der Waals surface area contributed by atoms with E-state index in [1.165, 1.54) is 20.1 Å². The quantitative estimate of drug-likeness (QED) is 0.378. The molecule has 3 rings (SSSR count). The van der Waals surface area contributed by atoms with Gasteiger partial charge < -0.3 is 14.2 Å². The molecule has 1 saturated carbocycles. The Morgan fingerprint density at radius 3 is 2.36 bits per heavy atom. The van der Waals surface area contributed by atoms with Gasteiger partial charge in [-0.3, -0.25) is 10.1 Å². The smallest absolute Gasteiger partial charge is 0.419 e. The van der Waals surface area contributed by atoms with Gasteiger partial charge in [0.05, 0.1) is 25.5 Å². The van der Waals surface area contributed by atoms with Gasteiger partial charge in [-0.2, -0.15) is 0 Å². The van der Waals surface area contributed by atoms with Crippen LogP contribution in [0.1, 0.15) is 44.2 Å². The molecule has 10 nitrogen and oxygen atoms in total. The highest BCUT2D eigenvalue weighted by molar-refractivity contribution is 5.99. The molecule has 1 heterocycles. The van der Waals surface area contributed by atoms with Crippen molar-refractivity contribution >= 4 is 18.1 Å². The summed E-state index contributed by atoms with van der Waals surface area (Å²) >= 11 is 0. The third kappa shape index (κ3) is 4.94. The predicted molar refractivity (Wildman–Crippen MR) is 110 cm³/mol. The zero-order valence-corrected chi connectivity index (χ0v) is 18.2. The minimum Gasteiger partial charge on any atom is -0.468 e. The molecule has 1 aromatic carbocycles. The second kappa shape index (κ2) is 9.92. The van der Waals surface area contributed by atoms with Gasteiger partial charge >= 0.3 is 18.1 Å². The van der Waals surface area contributed by atoms with Gasteiger partial charge in [0.25, 0.3) is 0 Å². The van der Waals surface area contributed by atoms with Gasteiger partial charge in [0.15, 0.2) is 11.6 Å². The van der Waals surface area contributed by atoms with Crippen LogP contribution < -0.4 is 0 Å². The molecule has 1 aliphatic carbocycles. The molecule has 1 amide bonds. The Bertz CT molecular complexity index is 1020. The maximum absolute atomic E-state index is 14.1. The molecule has 0 spiro atoms. The highest BCUT2D eigenvalue weighted by Gasteiger charge is 2.43. The number of nitrogens with zero attached hydrogens (tertiary/aromatic N) is 3. The van der Waals surface area contributed by atoms with Crippen LogP contribution in [0.2, 0.25) is 0 Å². The Hall–Kier alpha value is -3.57. The Labute approximate surface area is 188 Å². The monoisotopic (exact) mass is 467 g/mol. The number of benzene rings is 1. The van der Waals surface area contributed by atoms with E-state index in [0.29, 0.717) is 0 Å². The molecule has 0 bridgehead atoms. The van der Waals surface area contributed by atoms with Crippen LogP contribution in [0.25, 0.3) is 0 Å². The Kier molecular flexibility index (Phi) is 7.24. The van der Waals surface area contributed by atoms with Gasteiger partial charge in [0, 0.05) is 17.8 Å². The number of ether oxygens (including phenoxy) is 3. The summed E-state index contributed by atoms with van der Waals surface area (Å²) < 4.78 is 43.3. The van der Waals surface area contributed by atoms with E-state index in [-0.39, 0.29) is 53.5 Å². The summed E-state index contributed by atoms with van der Waals surface area (Å²) in [7, 11) is 2.39. The molecule has 0 radical (unpaired) electrons. The van der Waals surface area contributed by atoms with E-state index in [1.807, 2.05) is 0 Å². The van der Waals surface area contributed by atoms with Crippen molar-refractivity contribution < 1.29 is 37.5 Å². The second-order valence-corrected chi connectivity index (χ2v) is 7.63. The maximum Gasteiger partial charge on any atom is 0.419 e. The number of halogens is 2. The molecule has 1 atom stereocenters. The van der Waals surface area contributed by atoms with Crippen LogP contribution in [-0.2, 0) is 19.0 Å². The van der Waals surface area contributed by atoms with Gasteiger partial charge in [-0.05, 0) is 37.5 Å². The van der Waals surface area contributed by atoms with Gasteiger partial charge in [0.1, 0.15) is 12.1 Å². The molecule has 1 fully saturated rings. The Morgan fingerprint density at radius 2 is 1.82 bits per heavy atom. The first-order chi connectivity index (χ1) is 15.7. The lowest BCUT2D eigenvalue weighted by atomic mass is 9.93. The van der Waals surface area contributed by atoms with E-state index in [2.05, 4.69) is 4.99 Å². The first-order valence-electron chi connectivity index (χ1n) is 10.2. The van der Waals surface area contributed by atoms with E-state index in [0.717, 1.165) is 24.1 Å². The number of hydrogen-bond acceptors (Lipinski definition) is 8. The van der Waals surface area contributed by atoms with E-state index in [4.69, 9.17) is 14.2 Å². The fraction of sp³-hybridized carbons (Fsp3) is 0.476. The molecule has 178 valence electrons. The number of carbonyl (C=O) groups excluding carboxylic acids is 2. The van der Waals surface area contributed by atoms with E-state index in [9.17, 15) is 28.5 Å². The van der Waals surface area contributed by atoms with Gasteiger partial charge in [0.2, 0.25) is 6.04 Å². The number of hydrogen-bond donors (Lipinski definition) is 0. The normalized spacial score (nSPS) is 23.0. The van der Waals surface area contributed by atoms with E-state index < -0.39 is 41.9 Å². The fourth-order valence-electron chi connectivity index (χ4n) is 3.96. The Morgan fingerprint density at radius 1 is 1.15 bits per heavy atom. The number of aliphatic imine (C=N–C) groups is 1. The first kappa shape index (κ1) is 24.1. The molecule has 12 heteroatoms. The average molecular weight is 467 g/mol. The molecule has 0 N–H and O–H groups in total. The second-order valence-electron chi connectivity index (χ2n) is 7.63. The molecule has 33 heavy (non-hydrogen) atoms. The molecule has 0 aromatic heterocycles. The third-order valence-electron chi connectivity index (χ3n) is 5.64. The van der Waals surface area contributed by atoms with Crippen molar-refractivity contribution in [2.75, 3.05) is 14.2 Å². The minimum absolute atomic E-state index is 0.0621. The summed E-state index contributed by atoms with van der Waals surface area (Å²) in [5.74, 6) is -3.11. The standard InChI is InChI=1S/C21H23F2N3O7/c1-11-17(19(27)31-2)18(12-4-9-15(22)16(23)10-12)25(20(24-11)32-3)21(28)33-14-7-5-13(6-8-14)26(29)30/h4,9-10,13-14,18H,5-8H2,1-3H3. The Balaban J connectivity index is 1.98. The number of amidine groups is 1. The zero-order chi connectivity index (χ0) is 24.3. The lowest BCUT2D eigenvalue weighted by Crippen LogP contribution is -2.47. The molecule has 1 aliphatic heterocycles. The summed E-state index contributed by atoms with van der Waals surface area (Å²) in [6.45, 7) is 1.49. The molecule has 0 saturated heterocycles. The van der Waals surface area contributed by atoms with Crippen LogP contribution in [0.4, 0.5) is 13.6 Å². The number of nitro groups is 1. The fourth-order valence-corrected chi connectivity index (χ4v) is 3.96. The summed E-state index contributed by atoms with van der Waals surface area (Å²) in [6.07, 6.45) is -0.516. The van der Waals surface area contributed by atoms with Crippen LogP contribution in [0.15, 0.2) is 34.5 Å². The van der Waals surface area contributed by atoms with Crippen molar-refractivity contribution in [1.29, 1.82) is 0 Å². The van der Waals surface area contributed by atoms with Crippen LogP contribution in [0, 0.1) is 21.7 Å². The highest BCUT2D eigenvalue weighted by atomic mass is 19.2.